The third-order valence-corrected chi connectivity index (χ3v) is 9.57. The molecule has 2 N–H and O–H groups in total. The van der Waals surface area contributed by atoms with Crippen LogP contribution >= 0.6 is 0 Å². The lowest BCUT2D eigenvalue weighted by Crippen LogP contribution is -2.47. The van der Waals surface area contributed by atoms with Gasteiger partial charge in [0.15, 0.2) is 5.78 Å². The van der Waals surface area contributed by atoms with Gasteiger partial charge in [-0.25, -0.2) is 0 Å². The first kappa shape index (κ1) is 27.1. The van der Waals surface area contributed by atoms with Crippen LogP contribution in [0, 0.1) is 17.8 Å². The number of hydrogen-bond donors (Lipinski definition) is 1. The molecule has 1 aromatic carbocycles. The fraction of sp³-hybridized carbons (Fsp3) is 0.700. The molecule has 0 aromatic heterocycles. The molecule has 0 unspecified atom stereocenters. The maximum atomic E-state index is 14.6. The van der Waals surface area contributed by atoms with E-state index in [1.165, 1.54) is 0 Å². The third kappa shape index (κ3) is 5.09. The lowest BCUT2D eigenvalue weighted by atomic mass is 9.74. The van der Waals surface area contributed by atoms with Crippen molar-refractivity contribution in [3.63, 3.8) is 0 Å². The fourth-order valence-electron chi connectivity index (χ4n) is 7.29. The van der Waals surface area contributed by atoms with Gasteiger partial charge in [-0.1, -0.05) is 40.0 Å². The van der Waals surface area contributed by atoms with Gasteiger partial charge >= 0.3 is 0 Å². The Hall–Kier alpha value is -2.45. The number of nitrogens with two attached hydrogens (primary N) is 1. The van der Waals surface area contributed by atoms with Crippen molar-refractivity contribution >= 4 is 23.3 Å². The predicted molar refractivity (Wildman–Crippen MR) is 147 cm³/mol. The highest BCUT2D eigenvalue weighted by Crippen LogP contribution is 2.43. The van der Waals surface area contributed by atoms with Gasteiger partial charge in [0, 0.05) is 49.9 Å². The van der Waals surface area contributed by atoms with Crippen LogP contribution in [0.3, 0.4) is 0 Å². The van der Waals surface area contributed by atoms with Crippen LogP contribution in [0.25, 0.3) is 0 Å². The number of carbonyl (C=O) groups excluding carboxylic acids is 3. The van der Waals surface area contributed by atoms with Crippen LogP contribution < -0.4 is 10.6 Å². The van der Waals surface area contributed by atoms with Crippen LogP contribution in [0.4, 0.5) is 5.69 Å². The monoisotopic (exact) mass is 524 g/mol. The number of benzene rings is 1. The molecular weight excluding hydrogens is 480 g/mol. The first-order chi connectivity index (χ1) is 18.3. The Bertz CT molecular complexity index is 1040. The van der Waals surface area contributed by atoms with Gasteiger partial charge in [0.25, 0.3) is 0 Å². The number of ketones is 1. The van der Waals surface area contributed by atoms with Gasteiger partial charge in [0.1, 0.15) is 12.6 Å². The maximum Gasteiger partial charge on any atom is 0.249 e. The summed E-state index contributed by atoms with van der Waals surface area (Å²) in [4.78, 5) is 46.8. The minimum Gasteiger partial charge on any atom is -0.369 e. The minimum atomic E-state index is -0.525. The second-order valence-corrected chi connectivity index (χ2v) is 12.0. The van der Waals surface area contributed by atoms with E-state index in [-0.39, 0.29) is 36.2 Å². The summed E-state index contributed by atoms with van der Waals surface area (Å²) < 4.78 is 5.92. The Kier molecular flexibility index (Phi) is 8.10. The number of likely N-dealkylation sites (tertiary alicyclic amines) is 1. The van der Waals surface area contributed by atoms with E-state index in [1.54, 1.807) is 4.90 Å². The molecule has 1 aliphatic carbocycles. The fourth-order valence-corrected chi connectivity index (χ4v) is 7.29. The van der Waals surface area contributed by atoms with Crippen LogP contribution in [0.15, 0.2) is 18.2 Å². The number of ether oxygens (including phenoxy) is 1. The Labute approximate surface area is 226 Å². The van der Waals surface area contributed by atoms with Gasteiger partial charge in [0.2, 0.25) is 11.8 Å². The van der Waals surface area contributed by atoms with Crippen molar-refractivity contribution in [2.45, 2.75) is 70.9 Å². The van der Waals surface area contributed by atoms with E-state index in [9.17, 15) is 14.4 Å². The standard InChI is InChI=1S/C30H44N4O4/c1-4-32-12-14-33(15-13-32)21-10-11-22(29(31)36)23(16-21)26(20-8-6-5-7-9-20)30(37)34-17-24(19(2)3)28-27(34)25(35)18-38-28/h10-11,16,19-20,24,26-28H,4-9,12-15,17-18H2,1-3H3,(H2,31,36)/t24-,26+,27-,28-/m1/s1. The smallest absolute Gasteiger partial charge is 0.249 e. The number of piperazine rings is 1. The average Bonchev–Trinajstić information content (AvgIpc) is 3.50. The second kappa shape index (κ2) is 11.3. The molecule has 4 atom stereocenters. The van der Waals surface area contributed by atoms with E-state index in [2.05, 4.69) is 36.6 Å². The number of anilines is 1. The molecule has 2 amide bonds. The number of amides is 2. The van der Waals surface area contributed by atoms with Crippen molar-refractivity contribution < 1.29 is 19.1 Å². The van der Waals surface area contributed by atoms with Crippen molar-refractivity contribution in [1.82, 2.24) is 9.80 Å². The molecule has 208 valence electrons. The highest BCUT2D eigenvalue weighted by atomic mass is 16.5. The summed E-state index contributed by atoms with van der Waals surface area (Å²) in [6, 6.07) is 5.32. The molecule has 5 rings (SSSR count). The largest absolute Gasteiger partial charge is 0.369 e. The maximum absolute atomic E-state index is 14.6. The quantitative estimate of drug-likeness (QED) is 0.589. The number of Topliss-reactive ketones (excluding diaryl/α,β-unsaturated/α-hetero) is 1. The first-order valence-corrected chi connectivity index (χ1v) is 14.7. The molecule has 3 aliphatic heterocycles. The van der Waals surface area contributed by atoms with Gasteiger partial charge in [-0.05, 0) is 55.0 Å². The lowest BCUT2D eigenvalue weighted by molar-refractivity contribution is -0.139. The zero-order chi connectivity index (χ0) is 27.0. The molecule has 3 heterocycles. The molecule has 1 aromatic rings. The van der Waals surface area contributed by atoms with Crippen molar-refractivity contribution in [2.24, 2.45) is 23.5 Å². The Morgan fingerprint density at radius 3 is 2.42 bits per heavy atom. The Morgan fingerprint density at radius 2 is 1.79 bits per heavy atom. The zero-order valence-corrected chi connectivity index (χ0v) is 23.2. The third-order valence-electron chi connectivity index (χ3n) is 9.57. The van der Waals surface area contributed by atoms with E-state index >= 15 is 0 Å². The molecule has 4 fully saturated rings. The topological polar surface area (TPSA) is 96.2 Å². The number of nitrogens with zero attached hydrogens (tertiary/aromatic N) is 3. The average molecular weight is 525 g/mol. The highest BCUT2D eigenvalue weighted by Gasteiger charge is 2.54. The number of primary amides is 1. The van der Waals surface area contributed by atoms with E-state index in [0.29, 0.717) is 18.0 Å². The summed E-state index contributed by atoms with van der Waals surface area (Å²) in [6.07, 6.45) is 4.94. The summed E-state index contributed by atoms with van der Waals surface area (Å²) in [7, 11) is 0. The summed E-state index contributed by atoms with van der Waals surface area (Å²) in [5.41, 5.74) is 8.11. The molecule has 3 saturated heterocycles. The molecular formula is C30H44N4O4. The lowest BCUT2D eigenvalue weighted by Gasteiger charge is -2.37. The SMILES string of the molecule is CCN1CCN(c2ccc(C(N)=O)c([C@@H](C(=O)N3C[C@H](C(C)C)[C@H]4OCC(=O)[C@H]43)C3CCCCC3)c2)CC1. The minimum absolute atomic E-state index is 0.00781. The van der Waals surface area contributed by atoms with Crippen molar-refractivity contribution in [3.05, 3.63) is 29.3 Å². The molecule has 8 nitrogen and oxygen atoms in total. The van der Waals surface area contributed by atoms with E-state index in [4.69, 9.17) is 10.5 Å². The molecule has 0 radical (unpaired) electrons. The summed E-state index contributed by atoms with van der Waals surface area (Å²) in [5.74, 6) is -0.499. The van der Waals surface area contributed by atoms with Crippen LogP contribution in [0.1, 0.15) is 74.7 Å². The van der Waals surface area contributed by atoms with Gasteiger partial charge in [-0.15, -0.1) is 0 Å². The molecule has 0 spiro atoms. The molecule has 0 bridgehead atoms. The van der Waals surface area contributed by atoms with Crippen molar-refractivity contribution in [1.29, 1.82) is 0 Å². The number of carbonyl (C=O) groups is 3. The number of likely N-dealkylation sites (N-methyl/N-ethyl adjacent to an activating group) is 1. The van der Waals surface area contributed by atoms with Crippen LogP contribution in [-0.4, -0.2) is 85.4 Å². The van der Waals surface area contributed by atoms with Crippen LogP contribution in [-0.2, 0) is 14.3 Å². The summed E-state index contributed by atoms with van der Waals surface area (Å²) >= 11 is 0. The zero-order valence-electron chi connectivity index (χ0n) is 23.2. The highest BCUT2D eigenvalue weighted by molar-refractivity contribution is 5.99. The van der Waals surface area contributed by atoms with E-state index in [1.807, 2.05) is 12.1 Å². The van der Waals surface area contributed by atoms with E-state index < -0.39 is 17.9 Å². The van der Waals surface area contributed by atoms with Gasteiger partial charge in [-0.3, -0.25) is 14.4 Å². The first-order valence-electron chi connectivity index (χ1n) is 14.7. The van der Waals surface area contributed by atoms with Crippen molar-refractivity contribution in [3.8, 4) is 0 Å². The number of fused-ring (bicyclic) bond motifs is 1. The van der Waals surface area contributed by atoms with Crippen molar-refractivity contribution in [2.75, 3.05) is 50.8 Å². The molecule has 8 heteroatoms. The molecule has 1 saturated carbocycles. The Morgan fingerprint density at radius 1 is 1.08 bits per heavy atom. The van der Waals surface area contributed by atoms with Crippen LogP contribution in [0.5, 0.6) is 0 Å². The Balaban J connectivity index is 1.53. The predicted octanol–water partition coefficient (Wildman–Crippen LogP) is 3.04. The van der Waals surface area contributed by atoms with Gasteiger partial charge in [0.05, 0.1) is 12.0 Å². The van der Waals surface area contributed by atoms with Gasteiger partial charge < -0.3 is 25.2 Å². The number of rotatable bonds is 7. The second-order valence-electron chi connectivity index (χ2n) is 12.0. The van der Waals surface area contributed by atoms with E-state index in [0.717, 1.165) is 76.1 Å². The molecule has 38 heavy (non-hydrogen) atoms. The summed E-state index contributed by atoms with van der Waals surface area (Å²) in [5, 5.41) is 0. The van der Waals surface area contributed by atoms with Crippen LogP contribution in [0.2, 0.25) is 0 Å². The van der Waals surface area contributed by atoms with Gasteiger partial charge in [-0.2, -0.15) is 0 Å². The summed E-state index contributed by atoms with van der Waals surface area (Å²) in [6.45, 7) is 11.9. The number of hydrogen-bond acceptors (Lipinski definition) is 6. The normalized spacial score (nSPS) is 27.7. The molecule has 4 aliphatic rings.